The predicted molar refractivity (Wildman–Crippen MR) is 98.8 cm³/mol. The molecule has 0 radical (unpaired) electrons. The Balaban J connectivity index is 1.44. The van der Waals surface area contributed by atoms with Crippen LogP contribution in [0.1, 0.15) is 41.6 Å². The van der Waals surface area contributed by atoms with E-state index in [-0.39, 0.29) is 36.7 Å². The van der Waals surface area contributed by atoms with Gasteiger partial charge in [-0.15, -0.1) is 0 Å². The van der Waals surface area contributed by atoms with Crippen LogP contribution in [0, 0.1) is 5.82 Å². The number of phenols is 1. The van der Waals surface area contributed by atoms with E-state index < -0.39 is 5.60 Å². The zero-order chi connectivity index (χ0) is 19.3. The number of nitrogens with one attached hydrogen (secondary N) is 1. The minimum Gasteiger partial charge on any atom is -0.508 e. The van der Waals surface area contributed by atoms with Crippen LogP contribution >= 0.6 is 0 Å². The minimum absolute atomic E-state index is 0.0299. The molecule has 1 saturated carbocycles. The van der Waals surface area contributed by atoms with E-state index in [1.54, 1.807) is 18.2 Å². The van der Waals surface area contributed by atoms with Gasteiger partial charge >= 0.3 is 0 Å². The summed E-state index contributed by atoms with van der Waals surface area (Å²) < 4.78 is 19.4. The highest BCUT2D eigenvalue weighted by molar-refractivity contribution is 5.94. The highest BCUT2D eigenvalue weighted by Gasteiger charge is 2.34. The Morgan fingerprint density at radius 1 is 1.15 bits per heavy atom. The van der Waals surface area contributed by atoms with Crippen LogP contribution in [-0.2, 0) is 11.3 Å². The number of phenolic OH excluding ortho intramolecular Hbond substituents is 1. The van der Waals surface area contributed by atoms with Gasteiger partial charge in [0.05, 0.1) is 18.3 Å². The molecule has 0 spiro atoms. The predicted octanol–water partition coefficient (Wildman–Crippen LogP) is 3.15. The zero-order valence-electron chi connectivity index (χ0n) is 15.0. The first-order valence-electron chi connectivity index (χ1n) is 9.10. The Kier molecular flexibility index (Phi) is 6.08. The van der Waals surface area contributed by atoms with E-state index in [1.165, 1.54) is 30.3 Å². The second kappa shape index (κ2) is 8.50. The number of rotatable bonds is 6. The molecule has 0 heterocycles. The number of carbonyl (C=O) groups excluding carboxylic acids is 1. The highest BCUT2D eigenvalue weighted by atomic mass is 19.1. The van der Waals surface area contributed by atoms with Crippen molar-refractivity contribution in [1.29, 1.82) is 0 Å². The van der Waals surface area contributed by atoms with Crippen LogP contribution in [-0.4, -0.2) is 34.4 Å². The van der Waals surface area contributed by atoms with Gasteiger partial charge in [0.2, 0.25) is 0 Å². The molecule has 0 aliphatic heterocycles. The molecular formula is C21H24FNO4. The fraction of sp³-hybridized carbons (Fsp3) is 0.381. The lowest BCUT2D eigenvalue weighted by atomic mass is 9.83. The number of amides is 1. The summed E-state index contributed by atoms with van der Waals surface area (Å²) in [7, 11) is 0. The molecule has 6 heteroatoms. The molecule has 3 N–H and O–H groups in total. The molecule has 0 atom stereocenters. The number of aliphatic hydroxyl groups is 1. The average molecular weight is 373 g/mol. The molecule has 1 aliphatic carbocycles. The maximum absolute atomic E-state index is 13.6. The molecule has 1 fully saturated rings. The summed E-state index contributed by atoms with van der Waals surface area (Å²) in [6.07, 6.45) is 2.29. The third-order valence-electron chi connectivity index (χ3n) is 5.00. The largest absolute Gasteiger partial charge is 0.508 e. The van der Waals surface area contributed by atoms with Gasteiger partial charge in [0.15, 0.2) is 0 Å². The fourth-order valence-corrected chi connectivity index (χ4v) is 3.25. The summed E-state index contributed by atoms with van der Waals surface area (Å²) in [6, 6.07) is 12.5. The third-order valence-corrected chi connectivity index (χ3v) is 5.00. The molecule has 27 heavy (non-hydrogen) atoms. The van der Waals surface area contributed by atoms with Crippen LogP contribution in [0.3, 0.4) is 0 Å². The van der Waals surface area contributed by atoms with Crippen molar-refractivity contribution >= 4 is 5.91 Å². The first-order valence-corrected chi connectivity index (χ1v) is 9.10. The molecule has 0 unspecified atom stereocenters. The molecule has 144 valence electrons. The molecule has 1 aliphatic rings. The number of ether oxygens (including phenoxy) is 1. The normalized spacial score (nSPS) is 22.4. The number of hydrogen-bond donors (Lipinski definition) is 3. The number of carbonyl (C=O) groups is 1. The van der Waals surface area contributed by atoms with Crippen molar-refractivity contribution < 1.29 is 24.1 Å². The van der Waals surface area contributed by atoms with Gasteiger partial charge < -0.3 is 20.3 Å². The van der Waals surface area contributed by atoms with Crippen molar-refractivity contribution in [2.24, 2.45) is 0 Å². The lowest BCUT2D eigenvalue weighted by molar-refractivity contribution is -0.0586. The molecule has 1 amide bonds. The number of benzene rings is 2. The lowest BCUT2D eigenvalue weighted by Gasteiger charge is -2.36. The molecule has 3 rings (SSSR count). The first-order chi connectivity index (χ1) is 13.0. The second-order valence-corrected chi connectivity index (χ2v) is 7.06. The topological polar surface area (TPSA) is 78.8 Å². The Hall–Kier alpha value is -2.44. The standard InChI is InChI=1S/C21H24FNO4/c22-19-4-2-1-3-16(19)13-27-18-9-11-21(26,12-10-18)14-23-20(25)15-5-7-17(24)8-6-15/h1-8,18,24,26H,9-14H2,(H,23,25)/t18-,21+. The molecule has 5 nitrogen and oxygen atoms in total. The van der Waals surface area contributed by atoms with E-state index in [9.17, 15) is 19.4 Å². The summed E-state index contributed by atoms with van der Waals surface area (Å²) in [5.41, 5.74) is -0.0115. The van der Waals surface area contributed by atoms with Crippen molar-refractivity contribution in [3.8, 4) is 5.75 Å². The van der Waals surface area contributed by atoms with Gasteiger partial charge in [0.25, 0.3) is 5.91 Å². The van der Waals surface area contributed by atoms with Gasteiger partial charge in [-0.2, -0.15) is 0 Å². The third kappa shape index (κ3) is 5.28. The van der Waals surface area contributed by atoms with Crippen LogP contribution in [0.5, 0.6) is 5.75 Å². The summed E-state index contributed by atoms with van der Waals surface area (Å²) in [5, 5.41) is 22.7. The van der Waals surface area contributed by atoms with Gasteiger partial charge in [-0.3, -0.25) is 4.79 Å². The lowest BCUT2D eigenvalue weighted by Crippen LogP contribution is -2.46. The molecule has 0 bridgehead atoms. The first kappa shape index (κ1) is 19.3. The molecule has 0 saturated heterocycles. The quantitative estimate of drug-likeness (QED) is 0.727. The Morgan fingerprint density at radius 3 is 2.48 bits per heavy atom. The zero-order valence-corrected chi connectivity index (χ0v) is 15.0. The smallest absolute Gasteiger partial charge is 0.251 e. The van der Waals surface area contributed by atoms with Crippen molar-refractivity contribution in [3.63, 3.8) is 0 Å². The molecular weight excluding hydrogens is 349 g/mol. The van der Waals surface area contributed by atoms with Crippen LogP contribution in [0.2, 0.25) is 0 Å². The average Bonchev–Trinajstić information content (AvgIpc) is 2.67. The van der Waals surface area contributed by atoms with E-state index in [0.29, 0.717) is 36.8 Å². The van der Waals surface area contributed by atoms with Gasteiger partial charge in [-0.05, 0) is 56.0 Å². The maximum Gasteiger partial charge on any atom is 0.251 e. The number of aromatic hydroxyl groups is 1. The Morgan fingerprint density at radius 2 is 1.81 bits per heavy atom. The Bertz CT molecular complexity index is 770. The van der Waals surface area contributed by atoms with Crippen LogP contribution in [0.15, 0.2) is 48.5 Å². The van der Waals surface area contributed by atoms with E-state index in [1.807, 2.05) is 0 Å². The van der Waals surface area contributed by atoms with Gasteiger partial charge in [-0.1, -0.05) is 18.2 Å². The van der Waals surface area contributed by atoms with Crippen molar-refractivity contribution in [2.45, 2.75) is 44.0 Å². The van der Waals surface area contributed by atoms with Gasteiger partial charge in [0.1, 0.15) is 11.6 Å². The van der Waals surface area contributed by atoms with Crippen LogP contribution in [0.25, 0.3) is 0 Å². The number of hydrogen-bond acceptors (Lipinski definition) is 4. The van der Waals surface area contributed by atoms with E-state index in [2.05, 4.69) is 5.32 Å². The van der Waals surface area contributed by atoms with Crippen molar-refractivity contribution in [2.75, 3.05) is 6.54 Å². The molecule has 0 aromatic heterocycles. The monoisotopic (exact) mass is 373 g/mol. The second-order valence-electron chi connectivity index (χ2n) is 7.06. The van der Waals surface area contributed by atoms with Gasteiger partial charge in [-0.25, -0.2) is 4.39 Å². The summed E-state index contributed by atoms with van der Waals surface area (Å²) in [6.45, 7) is 0.375. The fourth-order valence-electron chi connectivity index (χ4n) is 3.25. The van der Waals surface area contributed by atoms with Crippen LogP contribution < -0.4 is 5.32 Å². The van der Waals surface area contributed by atoms with Crippen molar-refractivity contribution in [1.82, 2.24) is 5.32 Å². The van der Waals surface area contributed by atoms with E-state index in [4.69, 9.17) is 4.74 Å². The van der Waals surface area contributed by atoms with Crippen LogP contribution in [0.4, 0.5) is 4.39 Å². The van der Waals surface area contributed by atoms with Gasteiger partial charge in [0, 0.05) is 17.7 Å². The highest BCUT2D eigenvalue weighted by Crippen LogP contribution is 2.30. The molecule has 2 aromatic rings. The number of halogens is 1. The summed E-state index contributed by atoms with van der Waals surface area (Å²) in [5.74, 6) is -0.470. The molecule has 2 aromatic carbocycles. The summed E-state index contributed by atoms with van der Waals surface area (Å²) in [4.78, 5) is 12.1. The van der Waals surface area contributed by atoms with E-state index >= 15 is 0 Å². The van der Waals surface area contributed by atoms with E-state index in [0.717, 1.165) is 0 Å². The minimum atomic E-state index is -0.968. The Labute approximate surface area is 157 Å². The maximum atomic E-state index is 13.6. The summed E-state index contributed by atoms with van der Waals surface area (Å²) >= 11 is 0. The van der Waals surface area contributed by atoms with Crippen molar-refractivity contribution in [3.05, 3.63) is 65.5 Å². The SMILES string of the molecule is O=C(NC[C@]1(O)CC[C@@H](OCc2ccccc2F)CC1)c1ccc(O)cc1.